The van der Waals surface area contributed by atoms with Gasteiger partial charge < -0.3 is 15.2 Å². The summed E-state index contributed by atoms with van der Waals surface area (Å²) in [5, 5.41) is 6.50. The predicted molar refractivity (Wildman–Crippen MR) is 126 cm³/mol. The molecule has 2 N–H and O–H groups in total. The van der Waals surface area contributed by atoms with Gasteiger partial charge in [-0.1, -0.05) is 61.2 Å². The summed E-state index contributed by atoms with van der Waals surface area (Å²) < 4.78 is 1.86. The summed E-state index contributed by atoms with van der Waals surface area (Å²) in [6.07, 6.45) is 8.85. The number of imidazole rings is 1. The van der Waals surface area contributed by atoms with Crippen LogP contribution in [0.5, 0.6) is 0 Å². The van der Waals surface area contributed by atoms with Crippen molar-refractivity contribution in [3.63, 3.8) is 0 Å². The zero-order valence-corrected chi connectivity index (χ0v) is 18.6. The second kappa shape index (κ2) is 10.5. The predicted octanol–water partition coefficient (Wildman–Crippen LogP) is 5.03. The molecule has 0 atom stereocenters. The first-order valence-electron chi connectivity index (χ1n) is 11.0. The molecule has 1 aliphatic carbocycles. The minimum absolute atomic E-state index is 0.125. The summed E-state index contributed by atoms with van der Waals surface area (Å²) >= 11 is 6.13. The molecule has 0 saturated heterocycles. The Hall–Kier alpha value is -3.12. The fraction of sp³-hybridized carbons (Fsp3) is 0.320. The lowest BCUT2D eigenvalue weighted by molar-refractivity contribution is -0.120. The molecular formula is C25H27ClN4O2. The van der Waals surface area contributed by atoms with Gasteiger partial charge in [0.2, 0.25) is 5.91 Å². The van der Waals surface area contributed by atoms with E-state index in [0.717, 1.165) is 42.5 Å². The first-order valence-corrected chi connectivity index (χ1v) is 11.4. The van der Waals surface area contributed by atoms with Crippen LogP contribution in [0.15, 0.2) is 61.1 Å². The van der Waals surface area contributed by atoms with Crippen LogP contribution in [0.3, 0.4) is 0 Å². The lowest BCUT2D eigenvalue weighted by Crippen LogP contribution is -2.24. The summed E-state index contributed by atoms with van der Waals surface area (Å²) in [5.41, 5.74) is 3.08. The molecule has 0 spiro atoms. The number of halogens is 1. The van der Waals surface area contributed by atoms with E-state index in [-0.39, 0.29) is 17.7 Å². The average molecular weight is 451 g/mol. The van der Waals surface area contributed by atoms with Crippen LogP contribution in [0.25, 0.3) is 0 Å². The van der Waals surface area contributed by atoms with Gasteiger partial charge in [0.05, 0.1) is 6.33 Å². The molecule has 3 aromatic rings. The van der Waals surface area contributed by atoms with Gasteiger partial charge in [-0.3, -0.25) is 9.59 Å². The van der Waals surface area contributed by atoms with Crippen LogP contribution in [0.2, 0.25) is 5.02 Å². The number of benzene rings is 2. The van der Waals surface area contributed by atoms with Crippen LogP contribution >= 0.6 is 11.6 Å². The molecular weight excluding hydrogens is 424 g/mol. The van der Waals surface area contributed by atoms with Crippen molar-refractivity contribution in [3.8, 4) is 0 Å². The third-order valence-electron chi connectivity index (χ3n) is 5.83. The molecule has 4 rings (SSSR count). The van der Waals surface area contributed by atoms with E-state index in [0.29, 0.717) is 23.8 Å². The van der Waals surface area contributed by atoms with Crippen molar-refractivity contribution in [3.05, 3.63) is 82.9 Å². The Morgan fingerprint density at radius 2 is 1.78 bits per heavy atom. The average Bonchev–Trinajstić information content (AvgIpc) is 3.29. The second-order valence-electron chi connectivity index (χ2n) is 8.23. The smallest absolute Gasteiger partial charge is 0.271 e. The van der Waals surface area contributed by atoms with Crippen LogP contribution in [0, 0.1) is 5.92 Å². The monoisotopic (exact) mass is 450 g/mol. The Balaban J connectivity index is 1.29. The Labute approximate surface area is 193 Å². The summed E-state index contributed by atoms with van der Waals surface area (Å²) in [6.45, 7) is 0.932. The largest absolute Gasteiger partial charge is 0.347 e. The van der Waals surface area contributed by atoms with E-state index in [4.69, 9.17) is 11.6 Å². The number of anilines is 1. The molecule has 166 valence electrons. The number of amides is 2. The van der Waals surface area contributed by atoms with E-state index in [1.165, 1.54) is 6.42 Å². The van der Waals surface area contributed by atoms with E-state index >= 15 is 0 Å². The number of carbonyl (C=O) groups is 2. The van der Waals surface area contributed by atoms with Gasteiger partial charge in [0, 0.05) is 35.9 Å². The van der Waals surface area contributed by atoms with Crippen molar-refractivity contribution in [2.24, 2.45) is 5.92 Å². The molecule has 2 amide bonds. The van der Waals surface area contributed by atoms with Crippen LogP contribution < -0.4 is 10.6 Å². The minimum Gasteiger partial charge on any atom is -0.347 e. The molecule has 32 heavy (non-hydrogen) atoms. The van der Waals surface area contributed by atoms with Gasteiger partial charge in [0.15, 0.2) is 0 Å². The number of hydrogen-bond donors (Lipinski definition) is 2. The summed E-state index contributed by atoms with van der Waals surface area (Å²) in [7, 11) is 0. The van der Waals surface area contributed by atoms with Gasteiger partial charge in [-0.05, 0) is 42.2 Å². The molecule has 0 unspecified atom stereocenters. The number of carbonyl (C=O) groups excluding carboxylic acids is 2. The SMILES string of the molecule is O=C(NCc1ccccc1Cl)c1cn(Cc2ccc(NC(=O)C3CCCCC3)cc2)cn1. The molecule has 0 aliphatic heterocycles. The van der Waals surface area contributed by atoms with Gasteiger partial charge in [0.25, 0.3) is 5.91 Å². The molecule has 0 bridgehead atoms. The molecule has 2 aromatic carbocycles. The highest BCUT2D eigenvalue weighted by Gasteiger charge is 2.21. The highest BCUT2D eigenvalue weighted by molar-refractivity contribution is 6.31. The molecule has 1 aromatic heterocycles. The minimum atomic E-state index is -0.246. The molecule has 1 heterocycles. The second-order valence-corrected chi connectivity index (χ2v) is 8.63. The third kappa shape index (κ3) is 5.77. The Bertz CT molecular complexity index is 1070. The van der Waals surface area contributed by atoms with Gasteiger partial charge in [0.1, 0.15) is 5.69 Å². The Morgan fingerprint density at radius 1 is 1.03 bits per heavy atom. The fourth-order valence-electron chi connectivity index (χ4n) is 3.99. The van der Waals surface area contributed by atoms with E-state index in [1.807, 2.05) is 47.0 Å². The third-order valence-corrected chi connectivity index (χ3v) is 6.19. The fourth-order valence-corrected chi connectivity index (χ4v) is 4.19. The van der Waals surface area contributed by atoms with E-state index in [2.05, 4.69) is 15.6 Å². The lowest BCUT2D eigenvalue weighted by Gasteiger charge is -2.20. The van der Waals surface area contributed by atoms with Gasteiger partial charge in [-0.2, -0.15) is 0 Å². The lowest BCUT2D eigenvalue weighted by atomic mass is 9.88. The number of nitrogens with zero attached hydrogens (tertiary/aromatic N) is 2. The van der Waals surface area contributed by atoms with Crippen molar-refractivity contribution in [2.45, 2.75) is 45.2 Å². The van der Waals surface area contributed by atoms with Crippen LogP contribution in [-0.2, 0) is 17.9 Å². The number of rotatable bonds is 7. The quantitative estimate of drug-likeness (QED) is 0.529. The van der Waals surface area contributed by atoms with Gasteiger partial charge in [-0.15, -0.1) is 0 Å². The summed E-state index contributed by atoms with van der Waals surface area (Å²) in [6, 6.07) is 15.2. The van der Waals surface area contributed by atoms with Gasteiger partial charge >= 0.3 is 0 Å². The van der Waals surface area contributed by atoms with Crippen molar-refractivity contribution in [1.29, 1.82) is 0 Å². The Kier molecular flexibility index (Phi) is 7.22. The molecule has 0 radical (unpaired) electrons. The van der Waals surface area contributed by atoms with Crippen LogP contribution in [0.4, 0.5) is 5.69 Å². The van der Waals surface area contributed by atoms with E-state index in [1.54, 1.807) is 18.6 Å². The van der Waals surface area contributed by atoms with E-state index in [9.17, 15) is 9.59 Å². The zero-order valence-electron chi connectivity index (χ0n) is 17.9. The maximum Gasteiger partial charge on any atom is 0.271 e. The maximum atomic E-state index is 12.4. The molecule has 1 fully saturated rings. The summed E-state index contributed by atoms with van der Waals surface area (Å²) in [5.74, 6) is 0.0146. The maximum absolute atomic E-state index is 12.4. The standard InChI is InChI=1S/C25H27ClN4O2/c26-22-9-5-4-8-20(22)14-27-25(32)23-16-30(17-28-23)15-18-10-12-21(13-11-18)29-24(31)19-6-2-1-3-7-19/h4-5,8-13,16-17,19H,1-3,6-7,14-15H2,(H,27,32)(H,29,31). The van der Waals surface area contributed by atoms with Crippen LogP contribution in [0.1, 0.15) is 53.7 Å². The van der Waals surface area contributed by atoms with Crippen molar-refractivity contribution >= 4 is 29.1 Å². The van der Waals surface area contributed by atoms with Crippen molar-refractivity contribution in [2.75, 3.05) is 5.32 Å². The highest BCUT2D eigenvalue weighted by Crippen LogP contribution is 2.25. The topological polar surface area (TPSA) is 76.0 Å². The first-order chi connectivity index (χ1) is 15.6. The molecule has 6 nitrogen and oxygen atoms in total. The number of aromatic nitrogens is 2. The zero-order chi connectivity index (χ0) is 22.3. The number of hydrogen-bond acceptors (Lipinski definition) is 3. The highest BCUT2D eigenvalue weighted by atomic mass is 35.5. The van der Waals surface area contributed by atoms with Crippen molar-refractivity contribution in [1.82, 2.24) is 14.9 Å². The number of nitrogens with one attached hydrogen (secondary N) is 2. The van der Waals surface area contributed by atoms with Gasteiger partial charge in [-0.25, -0.2) is 4.98 Å². The molecule has 1 aliphatic rings. The summed E-state index contributed by atoms with van der Waals surface area (Å²) in [4.78, 5) is 29.0. The Morgan fingerprint density at radius 3 is 2.53 bits per heavy atom. The van der Waals surface area contributed by atoms with Crippen molar-refractivity contribution < 1.29 is 9.59 Å². The molecule has 7 heteroatoms. The molecule has 1 saturated carbocycles. The van der Waals surface area contributed by atoms with Crippen LogP contribution in [-0.4, -0.2) is 21.4 Å². The first kappa shape index (κ1) is 22.1. The normalized spacial score (nSPS) is 14.2. The van der Waals surface area contributed by atoms with E-state index < -0.39 is 0 Å².